The summed E-state index contributed by atoms with van der Waals surface area (Å²) < 4.78 is 13.7. The van der Waals surface area contributed by atoms with Gasteiger partial charge in [-0.15, -0.1) is 5.10 Å². The second-order valence-corrected chi connectivity index (χ2v) is 4.26. The molecule has 2 rings (SSSR count). The van der Waals surface area contributed by atoms with Crippen LogP contribution < -0.4 is 0 Å². The summed E-state index contributed by atoms with van der Waals surface area (Å²) in [5.74, 6) is -0.554. The molecule has 0 unspecified atom stereocenters. The quantitative estimate of drug-likeness (QED) is 0.783. The lowest BCUT2D eigenvalue weighted by atomic mass is 10.4. The van der Waals surface area contributed by atoms with E-state index in [-0.39, 0.29) is 12.4 Å². The Morgan fingerprint density at radius 1 is 1.69 bits per heavy atom. The van der Waals surface area contributed by atoms with Crippen LogP contribution in [0.25, 0.3) is 0 Å². The van der Waals surface area contributed by atoms with Crippen molar-refractivity contribution in [3.05, 3.63) is 27.6 Å². The molecule has 0 aliphatic rings. The molecule has 0 spiro atoms. The second-order valence-electron chi connectivity index (χ2n) is 2.90. The standard InChI is InChI=1S/C8H6ClN3O3S/c1-4-2-6(15-11-4)8(13)14-3-5-7(9)16-12-10-5/h2H,3H2,1H3. The predicted octanol–water partition coefficient (Wildman–Crippen LogP) is 1.84. The lowest BCUT2D eigenvalue weighted by molar-refractivity contribution is 0.0421. The number of aromatic nitrogens is 3. The Balaban J connectivity index is 1.96. The number of carbonyl (C=O) groups excluding carboxylic acids is 1. The maximum Gasteiger partial charge on any atom is 0.377 e. The molecule has 2 heterocycles. The maximum atomic E-state index is 11.4. The molecule has 0 atom stereocenters. The highest BCUT2D eigenvalue weighted by Crippen LogP contribution is 2.18. The first-order chi connectivity index (χ1) is 7.66. The lowest BCUT2D eigenvalue weighted by Gasteiger charge is -1.98. The molecular formula is C8H6ClN3O3S. The Morgan fingerprint density at radius 3 is 3.06 bits per heavy atom. The molecule has 0 aliphatic carbocycles. The summed E-state index contributed by atoms with van der Waals surface area (Å²) in [6.07, 6.45) is 0. The third kappa shape index (κ3) is 2.37. The Labute approximate surface area is 99.3 Å². The zero-order valence-electron chi connectivity index (χ0n) is 8.14. The first-order valence-electron chi connectivity index (χ1n) is 4.24. The molecule has 8 heteroatoms. The predicted molar refractivity (Wildman–Crippen MR) is 55.3 cm³/mol. The molecule has 0 N–H and O–H groups in total. The SMILES string of the molecule is Cc1cc(C(=O)OCc2nnsc2Cl)on1. The van der Waals surface area contributed by atoms with Gasteiger partial charge in [-0.1, -0.05) is 21.2 Å². The average Bonchev–Trinajstić information content (AvgIpc) is 2.84. The van der Waals surface area contributed by atoms with Crippen molar-refractivity contribution in [2.75, 3.05) is 0 Å². The fourth-order valence-electron chi connectivity index (χ4n) is 0.948. The van der Waals surface area contributed by atoms with Crippen LogP contribution in [0.4, 0.5) is 0 Å². The van der Waals surface area contributed by atoms with Crippen molar-refractivity contribution in [2.45, 2.75) is 13.5 Å². The molecule has 0 bridgehead atoms. The molecule has 84 valence electrons. The minimum atomic E-state index is -0.607. The zero-order valence-corrected chi connectivity index (χ0v) is 9.71. The van der Waals surface area contributed by atoms with E-state index in [0.29, 0.717) is 15.7 Å². The third-order valence-corrected chi connectivity index (χ3v) is 2.66. The fraction of sp³-hybridized carbons (Fsp3) is 0.250. The van der Waals surface area contributed by atoms with Crippen LogP contribution in [0.3, 0.4) is 0 Å². The number of rotatable bonds is 3. The van der Waals surface area contributed by atoms with Crippen molar-refractivity contribution in [2.24, 2.45) is 0 Å². The van der Waals surface area contributed by atoms with Gasteiger partial charge in [0, 0.05) is 17.6 Å². The van der Waals surface area contributed by atoms with Gasteiger partial charge in [0.2, 0.25) is 5.76 Å². The van der Waals surface area contributed by atoms with Gasteiger partial charge in [0.25, 0.3) is 0 Å². The maximum absolute atomic E-state index is 11.4. The first-order valence-corrected chi connectivity index (χ1v) is 5.39. The van der Waals surface area contributed by atoms with E-state index in [0.717, 1.165) is 11.5 Å². The first kappa shape index (κ1) is 11.0. The summed E-state index contributed by atoms with van der Waals surface area (Å²) in [4.78, 5) is 11.4. The van der Waals surface area contributed by atoms with Gasteiger partial charge in [0.05, 0.1) is 5.69 Å². The molecule has 0 aliphatic heterocycles. The molecule has 2 aromatic rings. The number of carbonyl (C=O) groups is 1. The van der Waals surface area contributed by atoms with E-state index in [1.54, 1.807) is 6.92 Å². The van der Waals surface area contributed by atoms with E-state index in [1.807, 2.05) is 0 Å². The van der Waals surface area contributed by atoms with Gasteiger partial charge in [0.1, 0.15) is 16.6 Å². The van der Waals surface area contributed by atoms with Crippen LogP contribution in [0, 0.1) is 6.92 Å². The van der Waals surface area contributed by atoms with Gasteiger partial charge in [-0.2, -0.15) is 0 Å². The number of hydrogen-bond donors (Lipinski definition) is 0. The molecule has 2 aromatic heterocycles. The van der Waals surface area contributed by atoms with Crippen molar-refractivity contribution in [3.63, 3.8) is 0 Å². The van der Waals surface area contributed by atoms with Crippen LogP contribution in [-0.2, 0) is 11.3 Å². The zero-order chi connectivity index (χ0) is 11.5. The summed E-state index contributed by atoms with van der Waals surface area (Å²) in [5.41, 5.74) is 1.04. The van der Waals surface area contributed by atoms with E-state index in [2.05, 4.69) is 14.7 Å². The minimum Gasteiger partial charge on any atom is -0.453 e. The van der Waals surface area contributed by atoms with Crippen LogP contribution in [0.15, 0.2) is 10.6 Å². The Bertz CT molecular complexity index is 510. The number of nitrogens with zero attached hydrogens (tertiary/aromatic N) is 3. The van der Waals surface area contributed by atoms with E-state index in [1.165, 1.54) is 6.07 Å². The molecule has 16 heavy (non-hydrogen) atoms. The van der Waals surface area contributed by atoms with Crippen molar-refractivity contribution in [3.8, 4) is 0 Å². The van der Waals surface area contributed by atoms with Gasteiger partial charge >= 0.3 is 5.97 Å². The summed E-state index contributed by atoms with van der Waals surface area (Å²) >= 11 is 6.77. The number of halogens is 1. The smallest absolute Gasteiger partial charge is 0.377 e. The lowest BCUT2D eigenvalue weighted by Crippen LogP contribution is -2.04. The monoisotopic (exact) mass is 259 g/mol. The highest BCUT2D eigenvalue weighted by molar-refractivity contribution is 7.10. The highest BCUT2D eigenvalue weighted by atomic mass is 35.5. The van der Waals surface area contributed by atoms with E-state index < -0.39 is 5.97 Å². The summed E-state index contributed by atoms with van der Waals surface area (Å²) in [7, 11) is 0. The van der Waals surface area contributed by atoms with Crippen molar-refractivity contribution in [1.29, 1.82) is 0 Å². The molecule has 0 radical (unpaired) electrons. The Morgan fingerprint density at radius 2 is 2.50 bits per heavy atom. The Kier molecular flexibility index (Phi) is 3.16. The topological polar surface area (TPSA) is 78.1 Å². The Hall–Kier alpha value is -1.47. The summed E-state index contributed by atoms with van der Waals surface area (Å²) in [5, 5.41) is 7.27. The largest absolute Gasteiger partial charge is 0.453 e. The van der Waals surface area contributed by atoms with E-state index >= 15 is 0 Å². The van der Waals surface area contributed by atoms with Crippen LogP contribution in [0.1, 0.15) is 21.9 Å². The van der Waals surface area contributed by atoms with Crippen LogP contribution in [-0.4, -0.2) is 20.7 Å². The fourth-order valence-corrected chi connectivity index (χ4v) is 1.55. The number of ether oxygens (including phenoxy) is 1. The average molecular weight is 260 g/mol. The van der Waals surface area contributed by atoms with E-state index in [4.69, 9.17) is 20.9 Å². The molecule has 0 fully saturated rings. The molecule has 0 saturated carbocycles. The van der Waals surface area contributed by atoms with Gasteiger partial charge in [-0.3, -0.25) is 0 Å². The second kappa shape index (κ2) is 4.58. The normalized spacial score (nSPS) is 10.4. The van der Waals surface area contributed by atoms with Crippen LogP contribution >= 0.6 is 23.1 Å². The minimum absolute atomic E-state index is 0.0338. The number of esters is 1. The van der Waals surface area contributed by atoms with Gasteiger partial charge in [-0.25, -0.2) is 4.79 Å². The summed E-state index contributed by atoms with van der Waals surface area (Å²) in [6, 6.07) is 1.49. The molecule has 0 aromatic carbocycles. The third-order valence-electron chi connectivity index (χ3n) is 1.68. The van der Waals surface area contributed by atoms with Gasteiger partial charge < -0.3 is 9.26 Å². The molecule has 0 saturated heterocycles. The van der Waals surface area contributed by atoms with Crippen LogP contribution in [0.2, 0.25) is 4.34 Å². The molecule has 0 amide bonds. The van der Waals surface area contributed by atoms with Crippen molar-refractivity contribution in [1.82, 2.24) is 14.7 Å². The van der Waals surface area contributed by atoms with Gasteiger partial charge in [0.15, 0.2) is 0 Å². The molecular weight excluding hydrogens is 254 g/mol. The van der Waals surface area contributed by atoms with Crippen molar-refractivity contribution >= 4 is 29.1 Å². The molecule has 6 nitrogen and oxygen atoms in total. The van der Waals surface area contributed by atoms with Gasteiger partial charge in [-0.05, 0) is 6.92 Å². The van der Waals surface area contributed by atoms with Crippen molar-refractivity contribution < 1.29 is 14.1 Å². The van der Waals surface area contributed by atoms with E-state index in [9.17, 15) is 4.79 Å². The van der Waals surface area contributed by atoms with Crippen LogP contribution in [0.5, 0.6) is 0 Å². The number of aryl methyl sites for hydroxylation is 1. The highest BCUT2D eigenvalue weighted by Gasteiger charge is 2.15. The number of hydrogen-bond acceptors (Lipinski definition) is 7. The summed E-state index contributed by atoms with van der Waals surface area (Å²) in [6.45, 7) is 1.68.